The molecule has 2 aliphatic carbocycles. The molecule has 70 valence electrons. The fourth-order valence-electron chi connectivity index (χ4n) is 2.53. The summed E-state index contributed by atoms with van der Waals surface area (Å²) in [5, 5.41) is 0. The SMILES string of the molecule is CC(=O)CC(=O)C1CC2C=CC1C2. The van der Waals surface area contributed by atoms with E-state index >= 15 is 0 Å². The molecule has 0 spiro atoms. The number of hydrogen-bond donors (Lipinski definition) is 0. The summed E-state index contributed by atoms with van der Waals surface area (Å²) in [6.07, 6.45) is 6.61. The van der Waals surface area contributed by atoms with Gasteiger partial charge in [0.15, 0.2) is 0 Å². The van der Waals surface area contributed by atoms with Crippen molar-refractivity contribution in [3.8, 4) is 0 Å². The van der Waals surface area contributed by atoms with Crippen molar-refractivity contribution >= 4 is 11.6 Å². The maximum absolute atomic E-state index is 11.6. The van der Waals surface area contributed by atoms with Crippen molar-refractivity contribution in [3.05, 3.63) is 12.2 Å². The highest BCUT2D eigenvalue weighted by Gasteiger charge is 2.39. The third kappa shape index (κ3) is 1.58. The molecule has 0 aromatic carbocycles. The van der Waals surface area contributed by atoms with E-state index in [0.717, 1.165) is 12.8 Å². The van der Waals surface area contributed by atoms with Gasteiger partial charge in [0.1, 0.15) is 11.6 Å². The van der Waals surface area contributed by atoms with E-state index in [-0.39, 0.29) is 23.9 Å². The van der Waals surface area contributed by atoms with E-state index in [1.807, 2.05) is 0 Å². The number of fused-ring (bicyclic) bond motifs is 2. The van der Waals surface area contributed by atoms with Gasteiger partial charge in [0, 0.05) is 5.92 Å². The standard InChI is InChI=1S/C11H14O2/c1-7(12)4-11(13)10-6-8-2-3-9(10)5-8/h2-3,8-10H,4-6H2,1H3. The van der Waals surface area contributed by atoms with Crippen molar-refractivity contribution in [2.24, 2.45) is 17.8 Å². The summed E-state index contributed by atoms with van der Waals surface area (Å²) in [7, 11) is 0. The average Bonchev–Trinajstić information content (AvgIpc) is 2.62. The van der Waals surface area contributed by atoms with Crippen LogP contribution in [0.4, 0.5) is 0 Å². The van der Waals surface area contributed by atoms with E-state index in [9.17, 15) is 9.59 Å². The van der Waals surface area contributed by atoms with E-state index < -0.39 is 0 Å². The first-order valence-electron chi connectivity index (χ1n) is 4.87. The zero-order valence-corrected chi connectivity index (χ0v) is 7.82. The molecule has 13 heavy (non-hydrogen) atoms. The molecule has 3 unspecified atom stereocenters. The van der Waals surface area contributed by atoms with Crippen molar-refractivity contribution in [2.75, 3.05) is 0 Å². The average molecular weight is 178 g/mol. The Bertz CT molecular complexity index is 278. The van der Waals surface area contributed by atoms with Crippen molar-refractivity contribution in [1.29, 1.82) is 0 Å². The molecule has 2 heteroatoms. The molecule has 1 fully saturated rings. The minimum absolute atomic E-state index is 0.00301. The van der Waals surface area contributed by atoms with Crippen molar-refractivity contribution < 1.29 is 9.59 Å². The molecule has 0 aliphatic heterocycles. The smallest absolute Gasteiger partial charge is 0.143 e. The fraction of sp³-hybridized carbons (Fsp3) is 0.636. The number of rotatable bonds is 3. The van der Waals surface area contributed by atoms with Crippen LogP contribution in [0.5, 0.6) is 0 Å². The molecule has 2 nitrogen and oxygen atoms in total. The summed E-state index contributed by atoms with van der Waals surface area (Å²) in [5.41, 5.74) is 0. The van der Waals surface area contributed by atoms with E-state index in [0.29, 0.717) is 11.8 Å². The summed E-state index contributed by atoms with van der Waals surface area (Å²) in [4.78, 5) is 22.4. The number of carbonyl (C=O) groups is 2. The molecule has 0 N–H and O–H groups in total. The van der Waals surface area contributed by atoms with Crippen LogP contribution in [-0.2, 0) is 9.59 Å². The highest BCUT2D eigenvalue weighted by atomic mass is 16.1. The summed E-state index contributed by atoms with van der Waals surface area (Å²) >= 11 is 0. The van der Waals surface area contributed by atoms with Crippen LogP contribution in [0.3, 0.4) is 0 Å². The lowest BCUT2D eigenvalue weighted by Crippen LogP contribution is -2.20. The topological polar surface area (TPSA) is 34.1 Å². The van der Waals surface area contributed by atoms with Crippen molar-refractivity contribution in [1.82, 2.24) is 0 Å². The molecular formula is C11H14O2. The molecule has 2 bridgehead atoms. The zero-order chi connectivity index (χ0) is 9.42. The van der Waals surface area contributed by atoms with E-state index in [1.54, 1.807) is 0 Å². The van der Waals surface area contributed by atoms with Crippen molar-refractivity contribution in [2.45, 2.75) is 26.2 Å². The predicted octanol–water partition coefficient (Wildman–Crippen LogP) is 1.75. The maximum atomic E-state index is 11.6. The summed E-state index contributed by atoms with van der Waals surface area (Å²) < 4.78 is 0. The lowest BCUT2D eigenvalue weighted by molar-refractivity contribution is -0.128. The Morgan fingerprint density at radius 3 is 2.54 bits per heavy atom. The fourth-order valence-corrected chi connectivity index (χ4v) is 2.53. The maximum Gasteiger partial charge on any atom is 0.143 e. The number of Topliss-reactive ketones (excluding diaryl/α,β-unsaturated/α-hetero) is 2. The van der Waals surface area contributed by atoms with Gasteiger partial charge in [0.25, 0.3) is 0 Å². The van der Waals surface area contributed by atoms with Crippen LogP contribution >= 0.6 is 0 Å². The Kier molecular flexibility index (Phi) is 2.06. The summed E-state index contributed by atoms with van der Waals surface area (Å²) in [6.45, 7) is 1.49. The van der Waals surface area contributed by atoms with Crippen LogP contribution < -0.4 is 0 Å². The number of carbonyl (C=O) groups excluding carboxylic acids is 2. The molecule has 0 amide bonds. The predicted molar refractivity (Wildman–Crippen MR) is 49.1 cm³/mol. The summed E-state index contributed by atoms with van der Waals surface area (Å²) in [5.74, 6) is 1.36. The molecule has 0 radical (unpaired) electrons. The zero-order valence-electron chi connectivity index (χ0n) is 7.82. The van der Waals surface area contributed by atoms with E-state index in [2.05, 4.69) is 12.2 Å². The first-order valence-corrected chi connectivity index (χ1v) is 4.87. The third-order valence-corrected chi connectivity index (χ3v) is 3.12. The first kappa shape index (κ1) is 8.67. The van der Waals surface area contributed by atoms with Crippen LogP contribution in [-0.4, -0.2) is 11.6 Å². The molecule has 0 saturated heterocycles. The van der Waals surface area contributed by atoms with Crippen LogP contribution in [0.2, 0.25) is 0 Å². The van der Waals surface area contributed by atoms with E-state index in [4.69, 9.17) is 0 Å². The Balaban J connectivity index is 1.99. The van der Waals surface area contributed by atoms with Crippen LogP contribution in [0, 0.1) is 17.8 Å². The lowest BCUT2D eigenvalue weighted by atomic mass is 9.88. The Hall–Kier alpha value is -0.920. The summed E-state index contributed by atoms with van der Waals surface area (Å²) in [6, 6.07) is 0. The van der Waals surface area contributed by atoms with Gasteiger partial charge in [-0.25, -0.2) is 0 Å². The van der Waals surface area contributed by atoms with Crippen LogP contribution in [0.1, 0.15) is 26.2 Å². The molecule has 0 aromatic heterocycles. The highest BCUT2D eigenvalue weighted by molar-refractivity contribution is 5.99. The third-order valence-electron chi connectivity index (χ3n) is 3.12. The molecule has 0 aromatic rings. The van der Waals surface area contributed by atoms with Gasteiger partial charge >= 0.3 is 0 Å². The first-order chi connectivity index (χ1) is 6.16. The van der Waals surface area contributed by atoms with Crippen LogP contribution in [0.25, 0.3) is 0 Å². The molecule has 2 rings (SSSR count). The Labute approximate surface area is 78.0 Å². The van der Waals surface area contributed by atoms with Gasteiger partial charge in [0.2, 0.25) is 0 Å². The molecule has 1 saturated carbocycles. The second-order valence-electron chi connectivity index (χ2n) is 4.23. The second-order valence-corrected chi connectivity index (χ2v) is 4.23. The van der Waals surface area contributed by atoms with Gasteiger partial charge in [0.05, 0.1) is 6.42 Å². The number of ketones is 2. The van der Waals surface area contributed by atoms with Gasteiger partial charge < -0.3 is 0 Å². The number of allylic oxidation sites excluding steroid dienone is 2. The minimum atomic E-state index is -0.00301. The molecule has 0 heterocycles. The largest absolute Gasteiger partial charge is 0.300 e. The van der Waals surface area contributed by atoms with Gasteiger partial charge in [-0.3, -0.25) is 9.59 Å². The second kappa shape index (κ2) is 3.09. The monoisotopic (exact) mass is 178 g/mol. The van der Waals surface area contributed by atoms with Crippen LogP contribution in [0.15, 0.2) is 12.2 Å². The quantitative estimate of drug-likeness (QED) is 0.487. The Morgan fingerprint density at radius 1 is 1.31 bits per heavy atom. The van der Waals surface area contributed by atoms with Crippen molar-refractivity contribution in [3.63, 3.8) is 0 Å². The molecule has 2 aliphatic rings. The van der Waals surface area contributed by atoms with E-state index in [1.165, 1.54) is 6.92 Å². The van der Waals surface area contributed by atoms with Gasteiger partial charge in [-0.1, -0.05) is 12.2 Å². The molecule has 3 atom stereocenters. The van der Waals surface area contributed by atoms with Gasteiger partial charge in [-0.05, 0) is 31.6 Å². The lowest BCUT2D eigenvalue weighted by Gasteiger charge is -2.15. The Morgan fingerprint density at radius 2 is 2.08 bits per heavy atom. The highest BCUT2D eigenvalue weighted by Crippen LogP contribution is 2.44. The molecular weight excluding hydrogens is 164 g/mol. The minimum Gasteiger partial charge on any atom is -0.300 e. The normalized spacial score (nSPS) is 35.3. The number of hydrogen-bond acceptors (Lipinski definition) is 2. The van der Waals surface area contributed by atoms with Gasteiger partial charge in [-0.2, -0.15) is 0 Å². The van der Waals surface area contributed by atoms with Gasteiger partial charge in [-0.15, -0.1) is 0 Å².